The van der Waals surface area contributed by atoms with Gasteiger partial charge in [-0.1, -0.05) is 12.1 Å². The molecular weight excluding hydrogens is 347 g/mol. The Bertz CT molecular complexity index is 838. The third-order valence-corrected chi connectivity index (χ3v) is 4.71. The summed E-state index contributed by atoms with van der Waals surface area (Å²) in [4.78, 5) is 14.6. The van der Waals surface area contributed by atoms with Crippen LogP contribution in [0.5, 0.6) is 11.5 Å². The molecule has 0 saturated heterocycles. The molecule has 1 aliphatic rings. The summed E-state index contributed by atoms with van der Waals surface area (Å²) in [6, 6.07) is 9.66. The predicted molar refractivity (Wildman–Crippen MR) is 102 cm³/mol. The van der Waals surface area contributed by atoms with E-state index in [9.17, 15) is 9.18 Å². The van der Waals surface area contributed by atoms with Crippen LogP contribution >= 0.6 is 0 Å². The summed E-state index contributed by atoms with van der Waals surface area (Å²) in [5.41, 5.74) is 2.71. The Kier molecular flexibility index (Phi) is 5.54. The molecule has 6 heteroatoms. The van der Waals surface area contributed by atoms with Crippen molar-refractivity contribution in [2.75, 3.05) is 20.8 Å². The van der Waals surface area contributed by atoms with Gasteiger partial charge in [-0.3, -0.25) is 0 Å². The lowest BCUT2D eigenvalue weighted by Gasteiger charge is -2.38. The maximum absolute atomic E-state index is 13.9. The SMILES string of the molecule is COc1cc2c(cc1OC)C(c1cccc(F)c1)N(C(=O)NC(C)C)CC2. The van der Waals surface area contributed by atoms with Gasteiger partial charge in [-0.05, 0) is 61.2 Å². The van der Waals surface area contributed by atoms with Gasteiger partial charge in [0.25, 0.3) is 0 Å². The number of halogens is 1. The monoisotopic (exact) mass is 372 g/mol. The van der Waals surface area contributed by atoms with Gasteiger partial charge in [-0.15, -0.1) is 0 Å². The number of hydrogen-bond donors (Lipinski definition) is 1. The number of carbonyl (C=O) groups excluding carboxylic acids is 1. The van der Waals surface area contributed by atoms with Gasteiger partial charge in [0.2, 0.25) is 0 Å². The molecule has 2 amide bonds. The summed E-state index contributed by atoms with van der Waals surface area (Å²) in [5.74, 6) is 0.905. The van der Waals surface area contributed by atoms with E-state index in [0.29, 0.717) is 24.5 Å². The topological polar surface area (TPSA) is 50.8 Å². The molecule has 0 aliphatic carbocycles. The quantitative estimate of drug-likeness (QED) is 0.885. The van der Waals surface area contributed by atoms with Crippen molar-refractivity contribution in [1.29, 1.82) is 0 Å². The van der Waals surface area contributed by atoms with Gasteiger partial charge < -0.3 is 19.7 Å². The van der Waals surface area contributed by atoms with E-state index in [-0.39, 0.29) is 17.9 Å². The van der Waals surface area contributed by atoms with Crippen LogP contribution in [-0.2, 0) is 6.42 Å². The van der Waals surface area contributed by atoms with Crippen LogP contribution in [0.15, 0.2) is 36.4 Å². The molecular formula is C21H25FN2O3. The summed E-state index contributed by atoms with van der Waals surface area (Å²) < 4.78 is 24.8. The zero-order valence-electron chi connectivity index (χ0n) is 16.1. The Balaban J connectivity index is 2.13. The summed E-state index contributed by atoms with van der Waals surface area (Å²) in [6.45, 7) is 4.37. The lowest BCUT2D eigenvalue weighted by molar-refractivity contribution is 0.177. The van der Waals surface area contributed by atoms with E-state index in [0.717, 1.165) is 16.7 Å². The first-order valence-corrected chi connectivity index (χ1v) is 9.02. The Morgan fingerprint density at radius 3 is 2.52 bits per heavy atom. The largest absolute Gasteiger partial charge is 0.493 e. The molecule has 5 nitrogen and oxygen atoms in total. The molecule has 3 rings (SSSR count). The molecule has 0 aromatic heterocycles. The number of methoxy groups -OCH3 is 2. The standard InChI is InChI=1S/C21H25FN2O3/c1-13(2)23-21(25)24-9-8-14-11-18(26-3)19(27-4)12-17(14)20(24)15-6-5-7-16(22)10-15/h5-7,10-13,20H,8-9H2,1-4H3,(H,23,25). The van der Waals surface area contributed by atoms with Crippen LogP contribution in [0, 0.1) is 5.82 Å². The van der Waals surface area contributed by atoms with Gasteiger partial charge in [-0.2, -0.15) is 0 Å². The molecule has 144 valence electrons. The van der Waals surface area contributed by atoms with Crippen LogP contribution in [0.4, 0.5) is 9.18 Å². The maximum atomic E-state index is 13.9. The number of nitrogens with zero attached hydrogens (tertiary/aromatic N) is 1. The smallest absolute Gasteiger partial charge is 0.318 e. The predicted octanol–water partition coefficient (Wildman–Crippen LogP) is 3.91. The lowest BCUT2D eigenvalue weighted by Crippen LogP contribution is -2.47. The summed E-state index contributed by atoms with van der Waals surface area (Å²) >= 11 is 0. The highest BCUT2D eigenvalue weighted by Crippen LogP contribution is 2.41. The van der Waals surface area contributed by atoms with E-state index in [1.54, 1.807) is 25.2 Å². The number of nitrogens with one attached hydrogen (secondary N) is 1. The molecule has 2 aromatic carbocycles. The molecule has 1 unspecified atom stereocenters. The fourth-order valence-corrected chi connectivity index (χ4v) is 3.53. The highest BCUT2D eigenvalue weighted by atomic mass is 19.1. The second-order valence-corrected chi connectivity index (χ2v) is 6.91. The van der Waals surface area contributed by atoms with Gasteiger partial charge in [-0.25, -0.2) is 9.18 Å². The number of rotatable bonds is 4. The number of amides is 2. The van der Waals surface area contributed by atoms with E-state index in [1.807, 2.05) is 32.0 Å². The minimum absolute atomic E-state index is 0.0115. The van der Waals surface area contributed by atoms with E-state index in [2.05, 4.69) is 5.32 Å². The molecule has 27 heavy (non-hydrogen) atoms. The lowest BCUT2D eigenvalue weighted by atomic mass is 9.87. The summed E-state index contributed by atoms with van der Waals surface area (Å²) in [5, 5.41) is 2.95. The first-order chi connectivity index (χ1) is 12.9. The molecule has 1 heterocycles. The molecule has 0 radical (unpaired) electrons. The molecule has 1 aliphatic heterocycles. The second-order valence-electron chi connectivity index (χ2n) is 6.91. The van der Waals surface area contributed by atoms with Crippen LogP contribution in [0.2, 0.25) is 0 Å². The van der Waals surface area contributed by atoms with E-state index >= 15 is 0 Å². The third kappa shape index (κ3) is 3.84. The fourth-order valence-electron chi connectivity index (χ4n) is 3.53. The molecule has 1 N–H and O–H groups in total. The van der Waals surface area contributed by atoms with Crippen LogP contribution in [-0.4, -0.2) is 37.7 Å². The Labute approximate surface area is 159 Å². The second kappa shape index (κ2) is 7.86. The van der Waals surface area contributed by atoms with Crippen molar-refractivity contribution in [3.8, 4) is 11.5 Å². The zero-order chi connectivity index (χ0) is 19.6. The van der Waals surface area contributed by atoms with Gasteiger partial charge in [0.1, 0.15) is 5.82 Å². The number of ether oxygens (including phenoxy) is 2. The van der Waals surface area contributed by atoms with Gasteiger partial charge in [0.05, 0.1) is 20.3 Å². The molecule has 0 spiro atoms. The van der Waals surface area contributed by atoms with E-state index < -0.39 is 6.04 Å². The average Bonchev–Trinajstić information content (AvgIpc) is 2.65. The number of carbonyl (C=O) groups is 1. The van der Waals surface area contributed by atoms with Crippen LogP contribution < -0.4 is 14.8 Å². The molecule has 0 bridgehead atoms. The molecule has 0 saturated carbocycles. The third-order valence-electron chi connectivity index (χ3n) is 4.71. The van der Waals surface area contributed by atoms with E-state index in [1.165, 1.54) is 12.1 Å². The highest BCUT2D eigenvalue weighted by molar-refractivity contribution is 5.76. The Morgan fingerprint density at radius 1 is 1.19 bits per heavy atom. The number of benzene rings is 2. The highest BCUT2D eigenvalue weighted by Gasteiger charge is 2.33. The van der Waals surface area contributed by atoms with Crippen molar-refractivity contribution in [1.82, 2.24) is 10.2 Å². The summed E-state index contributed by atoms with van der Waals surface area (Å²) in [7, 11) is 3.17. The van der Waals surface area contributed by atoms with Crippen LogP contribution in [0.25, 0.3) is 0 Å². The Morgan fingerprint density at radius 2 is 1.89 bits per heavy atom. The molecule has 0 fully saturated rings. The maximum Gasteiger partial charge on any atom is 0.318 e. The first-order valence-electron chi connectivity index (χ1n) is 9.02. The average molecular weight is 372 g/mol. The molecule has 2 aromatic rings. The van der Waals surface area contributed by atoms with Crippen LogP contribution in [0.3, 0.4) is 0 Å². The van der Waals surface area contributed by atoms with Crippen molar-refractivity contribution in [3.63, 3.8) is 0 Å². The van der Waals surface area contributed by atoms with Crippen molar-refractivity contribution in [2.24, 2.45) is 0 Å². The zero-order valence-corrected chi connectivity index (χ0v) is 16.1. The van der Waals surface area contributed by atoms with Crippen LogP contribution in [0.1, 0.15) is 36.6 Å². The molecule has 1 atom stereocenters. The minimum atomic E-state index is -0.400. The number of urea groups is 1. The van der Waals surface area contributed by atoms with Crippen molar-refractivity contribution >= 4 is 6.03 Å². The first kappa shape index (κ1) is 19.0. The van der Waals surface area contributed by atoms with Crippen molar-refractivity contribution in [3.05, 3.63) is 58.9 Å². The van der Waals surface area contributed by atoms with Crippen molar-refractivity contribution < 1.29 is 18.7 Å². The fraction of sp³-hybridized carbons (Fsp3) is 0.381. The van der Waals surface area contributed by atoms with Gasteiger partial charge >= 0.3 is 6.03 Å². The minimum Gasteiger partial charge on any atom is -0.493 e. The summed E-state index contributed by atoms with van der Waals surface area (Å²) in [6.07, 6.45) is 0.688. The Hall–Kier alpha value is -2.76. The number of fused-ring (bicyclic) bond motifs is 1. The van der Waals surface area contributed by atoms with Crippen molar-refractivity contribution in [2.45, 2.75) is 32.4 Å². The van der Waals surface area contributed by atoms with Gasteiger partial charge in [0, 0.05) is 12.6 Å². The van der Waals surface area contributed by atoms with E-state index in [4.69, 9.17) is 9.47 Å². The number of hydrogen-bond acceptors (Lipinski definition) is 3. The van der Waals surface area contributed by atoms with Gasteiger partial charge in [0.15, 0.2) is 11.5 Å². The normalized spacial score (nSPS) is 16.1.